The molecule has 3 rings (SSSR count). The van der Waals surface area contributed by atoms with Crippen LogP contribution in [0.3, 0.4) is 0 Å². The normalized spacial score (nSPS) is 23.4. The van der Waals surface area contributed by atoms with Gasteiger partial charge in [0.05, 0.1) is 13.2 Å². The summed E-state index contributed by atoms with van der Waals surface area (Å²) in [5.74, 6) is -2.57. The van der Waals surface area contributed by atoms with Crippen molar-refractivity contribution in [2.75, 3.05) is 13.2 Å². The maximum Gasteiger partial charge on any atom is 0.321 e. The lowest BCUT2D eigenvalue weighted by Gasteiger charge is -2.53. The van der Waals surface area contributed by atoms with Crippen LogP contribution in [-0.4, -0.2) is 35.4 Å². The van der Waals surface area contributed by atoms with Gasteiger partial charge in [-0.2, -0.15) is 0 Å². The Bertz CT molecular complexity index is 535. The Kier molecular flexibility index (Phi) is 3.22. The third-order valence-corrected chi connectivity index (χ3v) is 4.33. The fraction of sp³-hybridized carbons (Fsp3) is 0.467. The second kappa shape index (κ2) is 4.82. The highest BCUT2D eigenvalue weighted by atomic mass is 16.7. The lowest BCUT2D eigenvalue weighted by molar-refractivity contribution is -0.271. The molecule has 0 bridgehead atoms. The molecule has 2 N–H and O–H groups in total. The van der Waals surface area contributed by atoms with E-state index in [0.29, 0.717) is 13.2 Å². The third-order valence-electron chi connectivity index (χ3n) is 4.33. The van der Waals surface area contributed by atoms with Crippen LogP contribution in [0, 0.1) is 10.8 Å². The van der Waals surface area contributed by atoms with Gasteiger partial charge in [0.2, 0.25) is 0 Å². The Morgan fingerprint density at radius 2 is 1.52 bits per heavy atom. The van der Waals surface area contributed by atoms with Crippen molar-refractivity contribution >= 4 is 11.9 Å². The van der Waals surface area contributed by atoms with Crippen LogP contribution in [0.2, 0.25) is 0 Å². The molecule has 1 aliphatic heterocycles. The maximum absolute atomic E-state index is 11.2. The van der Waals surface area contributed by atoms with E-state index >= 15 is 0 Å². The van der Waals surface area contributed by atoms with Gasteiger partial charge >= 0.3 is 11.9 Å². The van der Waals surface area contributed by atoms with E-state index in [2.05, 4.69) is 0 Å². The summed E-state index contributed by atoms with van der Waals surface area (Å²) < 4.78 is 11.3. The number of carboxylic acids is 2. The van der Waals surface area contributed by atoms with Crippen molar-refractivity contribution in [3.63, 3.8) is 0 Å². The van der Waals surface area contributed by atoms with Crippen LogP contribution in [0.5, 0.6) is 0 Å². The van der Waals surface area contributed by atoms with Gasteiger partial charge in [-0.3, -0.25) is 9.59 Å². The quantitative estimate of drug-likeness (QED) is 0.823. The van der Waals surface area contributed by atoms with Gasteiger partial charge < -0.3 is 19.7 Å². The number of carbonyl (C=O) groups is 2. The standard InChI is InChI=1S/C15H16O6/c16-12(17)15(13(18)19)6-14(7-15)8-20-11(21-9-14)10-4-2-1-3-5-10/h1-5,11H,6-9H2,(H,16,17)(H,18,19). The number of ether oxygens (including phenoxy) is 2. The molecule has 0 radical (unpaired) electrons. The monoisotopic (exact) mass is 292 g/mol. The Labute approximate surface area is 121 Å². The van der Waals surface area contributed by atoms with E-state index in [9.17, 15) is 9.59 Å². The van der Waals surface area contributed by atoms with Crippen LogP contribution in [0.15, 0.2) is 30.3 Å². The van der Waals surface area contributed by atoms with E-state index in [1.54, 1.807) is 0 Å². The topological polar surface area (TPSA) is 93.1 Å². The zero-order valence-electron chi connectivity index (χ0n) is 11.3. The fourth-order valence-electron chi connectivity index (χ4n) is 3.22. The van der Waals surface area contributed by atoms with Crippen LogP contribution >= 0.6 is 0 Å². The minimum absolute atomic E-state index is 0.0478. The average Bonchev–Trinajstić information content (AvgIpc) is 2.45. The summed E-state index contributed by atoms with van der Waals surface area (Å²) in [5.41, 5.74) is -1.29. The number of benzene rings is 1. The summed E-state index contributed by atoms with van der Waals surface area (Å²) >= 11 is 0. The maximum atomic E-state index is 11.2. The molecule has 1 saturated heterocycles. The number of aliphatic carboxylic acids is 2. The van der Waals surface area contributed by atoms with E-state index < -0.39 is 29.1 Å². The molecule has 21 heavy (non-hydrogen) atoms. The Morgan fingerprint density at radius 1 is 1.00 bits per heavy atom. The van der Waals surface area contributed by atoms with Gasteiger partial charge in [-0.15, -0.1) is 0 Å². The number of hydrogen-bond acceptors (Lipinski definition) is 4. The summed E-state index contributed by atoms with van der Waals surface area (Å²) in [6.45, 7) is 0.629. The van der Waals surface area contributed by atoms with Crippen LogP contribution in [0.1, 0.15) is 24.7 Å². The smallest absolute Gasteiger partial charge is 0.321 e. The highest BCUT2D eigenvalue weighted by Crippen LogP contribution is 2.57. The Morgan fingerprint density at radius 3 is 2.00 bits per heavy atom. The van der Waals surface area contributed by atoms with Gasteiger partial charge in [0, 0.05) is 11.0 Å². The molecule has 0 amide bonds. The summed E-state index contributed by atoms with van der Waals surface area (Å²) in [4.78, 5) is 22.4. The van der Waals surface area contributed by atoms with Crippen LogP contribution < -0.4 is 0 Å². The van der Waals surface area contributed by atoms with Crippen LogP contribution in [0.4, 0.5) is 0 Å². The van der Waals surface area contributed by atoms with E-state index in [1.807, 2.05) is 30.3 Å². The fourth-order valence-corrected chi connectivity index (χ4v) is 3.22. The molecule has 6 nitrogen and oxygen atoms in total. The van der Waals surface area contributed by atoms with Crippen molar-refractivity contribution in [1.29, 1.82) is 0 Å². The minimum atomic E-state index is -1.69. The van der Waals surface area contributed by atoms with E-state index in [4.69, 9.17) is 19.7 Å². The van der Waals surface area contributed by atoms with Gasteiger partial charge in [0.1, 0.15) is 0 Å². The van der Waals surface area contributed by atoms with Gasteiger partial charge in [-0.25, -0.2) is 0 Å². The zero-order valence-corrected chi connectivity index (χ0v) is 11.3. The van der Waals surface area contributed by atoms with E-state index in [1.165, 1.54) is 0 Å². The molecule has 1 spiro atoms. The van der Waals surface area contributed by atoms with Crippen molar-refractivity contribution in [2.45, 2.75) is 19.1 Å². The minimum Gasteiger partial charge on any atom is -0.480 e. The van der Waals surface area contributed by atoms with Crippen molar-refractivity contribution < 1.29 is 29.3 Å². The van der Waals surface area contributed by atoms with Crippen molar-refractivity contribution in [1.82, 2.24) is 0 Å². The van der Waals surface area contributed by atoms with Gasteiger partial charge in [-0.05, 0) is 12.8 Å². The van der Waals surface area contributed by atoms with Gasteiger partial charge in [0.15, 0.2) is 11.7 Å². The molecule has 1 saturated carbocycles. The predicted octanol–water partition coefficient (Wildman–Crippen LogP) is 1.67. The summed E-state index contributed by atoms with van der Waals surface area (Å²) in [7, 11) is 0. The second-order valence-electron chi connectivity index (χ2n) is 5.91. The molecule has 0 aromatic heterocycles. The van der Waals surface area contributed by atoms with Crippen LogP contribution in [0.25, 0.3) is 0 Å². The van der Waals surface area contributed by atoms with E-state index in [-0.39, 0.29) is 12.8 Å². The molecular formula is C15H16O6. The molecule has 6 heteroatoms. The zero-order chi connectivity index (χ0) is 15.1. The molecule has 2 aliphatic rings. The Balaban J connectivity index is 1.65. The molecule has 1 aromatic rings. The predicted molar refractivity (Wildman–Crippen MR) is 70.5 cm³/mol. The largest absolute Gasteiger partial charge is 0.480 e. The molecular weight excluding hydrogens is 276 g/mol. The molecule has 1 heterocycles. The summed E-state index contributed by atoms with van der Waals surface area (Å²) in [5, 5.41) is 18.3. The second-order valence-corrected chi connectivity index (χ2v) is 5.91. The van der Waals surface area contributed by atoms with Crippen molar-refractivity contribution in [3.8, 4) is 0 Å². The van der Waals surface area contributed by atoms with E-state index in [0.717, 1.165) is 5.56 Å². The summed E-state index contributed by atoms with van der Waals surface area (Å²) in [6.07, 6.45) is -0.375. The lowest BCUT2D eigenvalue weighted by atomic mass is 9.53. The molecule has 112 valence electrons. The van der Waals surface area contributed by atoms with Gasteiger partial charge in [-0.1, -0.05) is 30.3 Å². The molecule has 1 aliphatic carbocycles. The highest BCUT2D eigenvalue weighted by Gasteiger charge is 2.65. The number of hydrogen-bond donors (Lipinski definition) is 2. The van der Waals surface area contributed by atoms with Crippen molar-refractivity contribution in [2.24, 2.45) is 10.8 Å². The van der Waals surface area contributed by atoms with Crippen molar-refractivity contribution in [3.05, 3.63) is 35.9 Å². The Hall–Kier alpha value is -1.92. The first-order chi connectivity index (χ1) is 9.97. The molecule has 1 aromatic carbocycles. The average molecular weight is 292 g/mol. The SMILES string of the molecule is O=C(O)C1(C(=O)O)CC2(COC(c3ccccc3)OC2)C1. The summed E-state index contributed by atoms with van der Waals surface area (Å²) in [6, 6.07) is 9.45. The lowest BCUT2D eigenvalue weighted by Crippen LogP contribution is -2.60. The first-order valence-corrected chi connectivity index (χ1v) is 6.72. The molecule has 0 atom stereocenters. The number of carboxylic acid groups (broad SMARTS) is 2. The first-order valence-electron chi connectivity index (χ1n) is 6.72. The van der Waals surface area contributed by atoms with Gasteiger partial charge in [0.25, 0.3) is 0 Å². The first kappa shape index (κ1) is 14.0. The molecule has 0 unspecified atom stereocenters. The highest BCUT2D eigenvalue weighted by molar-refractivity contribution is 5.99. The number of rotatable bonds is 3. The van der Waals surface area contributed by atoms with Crippen LogP contribution in [-0.2, 0) is 19.1 Å². The molecule has 2 fully saturated rings. The third kappa shape index (κ3) is 2.20.